The van der Waals surface area contributed by atoms with Crippen LogP contribution in [-0.4, -0.2) is 42.3 Å². The Hall–Kier alpha value is -3.69. The van der Waals surface area contributed by atoms with Gasteiger partial charge in [0.15, 0.2) is 0 Å². The molecular weight excluding hydrogens is 607 g/mol. The van der Waals surface area contributed by atoms with Gasteiger partial charge >= 0.3 is 25.0 Å². The zero-order valence-electron chi connectivity index (χ0n) is 30.6. The van der Waals surface area contributed by atoms with Crippen LogP contribution in [-0.2, 0) is 23.6 Å². The Morgan fingerprint density at radius 3 is 1.77 bits per heavy atom. The summed E-state index contributed by atoms with van der Waals surface area (Å²) in [7, 11) is -0.814. The van der Waals surface area contributed by atoms with Gasteiger partial charge in [0.25, 0.3) is 0 Å². The van der Waals surface area contributed by atoms with Crippen LogP contribution in [0, 0.1) is 16.7 Å². The Balaban J connectivity index is 1.91. The Labute approximate surface area is 286 Å². The minimum atomic E-state index is -0.831. The molecule has 0 radical (unpaired) electrons. The predicted octanol–water partition coefficient (Wildman–Crippen LogP) is 7.74. The van der Waals surface area contributed by atoms with Crippen LogP contribution in [0.3, 0.4) is 0 Å². The largest absolute Gasteiger partial charge is 0.495 e. The maximum Gasteiger partial charge on any atom is 0.495 e. The third kappa shape index (κ3) is 7.95. The minimum absolute atomic E-state index is 0.235. The molecule has 2 aromatic carbocycles. The number of carbonyl (C=O) groups is 3. The molecule has 48 heavy (non-hydrogen) atoms. The van der Waals surface area contributed by atoms with E-state index in [1.165, 1.54) is 0 Å². The smallest absolute Gasteiger partial charge is 0.454 e. The first-order valence-corrected chi connectivity index (χ1v) is 16.6. The van der Waals surface area contributed by atoms with Crippen LogP contribution in [0.1, 0.15) is 111 Å². The summed E-state index contributed by atoms with van der Waals surface area (Å²) >= 11 is 0. The molecule has 8 nitrogen and oxygen atoms in total. The molecule has 0 amide bonds. The van der Waals surface area contributed by atoms with Crippen molar-refractivity contribution in [3.05, 3.63) is 77.4 Å². The average Bonchev–Trinajstić information content (AvgIpc) is 3.19. The zero-order chi connectivity index (χ0) is 36.0. The number of allylic oxidation sites excluding steroid dienone is 2. The molecule has 0 unspecified atom stereocenters. The molecular formula is C39H51BO8. The highest BCUT2D eigenvalue weighted by molar-refractivity contribution is 6.62. The first-order valence-electron chi connectivity index (χ1n) is 16.6. The lowest BCUT2D eigenvalue weighted by Gasteiger charge is -2.36. The molecule has 1 aliphatic heterocycles. The monoisotopic (exact) mass is 658 g/mol. The second kappa shape index (κ2) is 13.3. The van der Waals surface area contributed by atoms with Gasteiger partial charge < -0.3 is 23.5 Å². The number of esters is 3. The lowest BCUT2D eigenvalue weighted by molar-refractivity contribution is -0.143. The molecule has 2 aliphatic rings. The van der Waals surface area contributed by atoms with Gasteiger partial charge in [-0.2, -0.15) is 0 Å². The van der Waals surface area contributed by atoms with Gasteiger partial charge in [-0.3, -0.25) is 9.59 Å². The van der Waals surface area contributed by atoms with Crippen LogP contribution in [0.5, 0.6) is 11.5 Å². The first-order chi connectivity index (χ1) is 22.0. The van der Waals surface area contributed by atoms with E-state index in [1.54, 1.807) is 77.9 Å². The summed E-state index contributed by atoms with van der Waals surface area (Å²) in [6, 6.07) is 12.4. The van der Waals surface area contributed by atoms with Crippen molar-refractivity contribution in [2.45, 2.75) is 113 Å². The maximum absolute atomic E-state index is 13.5. The fraction of sp³-hybridized carbons (Fsp3) is 0.513. The molecule has 1 aliphatic carbocycles. The molecule has 1 saturated heterocycles. The van der Waals surface area contributed by atoms with Crippen molar-refractivity contribution in [1.82, 2.24) is 0 Å². The van der Waals surface area contributed by atoms with Crippen molar-refractivity contribution in [3.63, 3.8) is 0 Å². The SMILES string of the molecule is C=C(C)[C@@H]1C[C@H](OC(=O)c2ccccc2)C(C)=C[C@H]1c1c(OC(=O)C(C)(C)C)cc(B2OC(C)(C)C(C)(C)O2)cc1OC(=O)C(C)(C)C. The molecule has 9 heteroatoms. The summed E-state index contributed by atoms with van der Waals surface area (Å²) in [6.45, 7) is 26.6. The topological polar surface area (TPSA) is 97.4 Å². The standard InChI is InChI=1S/C39H51BO8/c1-23(2)27-22-29(44-33(41)25-17-15-14-16-18-25)24(3)19-28(27)32-30(45-34(42)36(4,5)6)20-26(21-31(32)46-35(43)37(7,8)9)40-47-38(10,11)39(12,13)48-40/h14-21,27-29H,1,22H2,2-13H3/t27-,28+,29-/m0/s1. The summed E-state index contributed by atoms with van der Waals surface area (Å²) < 4.78 is 31.2. The summed E-state index contributed by atoms with van der Waals surface area (Å²) in [5, 5.41) is 0. The Morgan fingerprint density at radius 2 is 1.33 bits per heavy atom. The van der Waals surface area contributed by atoms with Gasteiger partial charge in [-0.25, -0.2) is 4.79 Å². The van der Waals surface area contributed by atoms with E-state index in [0.29, 0.717) is 23.0 Å². The normalized spacial score (nSPS) is 22.0. The van der Waals surface area contributed by atoms with Crippen LogP contribution in [0.2, 0.25) is 0 Å². The number of carbonyl (C=O) groups excluding carboxylic acids is 3. The Morgan fingerprint density at radius 1 is 0.854 bits per heavy atom. The molecule has 0 aromatic heterocycles. The van der Waals surface area contributed by atoms with Gasteiger partial charge in [-0.1, -0.05) is 36.4 Å². The van der Waals surface area contributed by atoms with E-state index >= 15 is 0 Å². The molecule has 2 aromatic rings. The fourth-order valence-electron chi connectivity index (χ4n) is 5.51. The number of ether oxygens (including phenoxy) is 3. The van der Waals surface area contributed by atoms with Crippen molar-refractivity contribution in [2.75, 3.05) is 0 Å². The van der Waals surface area contributed by atoms with Crippen LogP contribution in [0.15, 0.2) is 66.3 Å². The van der Waals surface area contributed by atoms with E-state index in [-0.39, 0.29) is 17.4 Å². The van der Waals surface area contributed by atoms with Gasteiger partial charge in [0.05, 0.1) is 27.6 Å². The second-order valence-corrected chi connectivity index (χ2v) is 16.2. The Bertz CT molecular complexity index is 1540. The molecule has 1 heterocycles. The molecule has 0 saturated carbocycles. The molecule has 4 rings (SSSR count). The molecule has 0 spiro atoms. The van der Waals surface area contributed by atoms with Gasteiger partial charge in [0.1, 0.15) is 17.6 Å². The zero-order valence-corrected chi connectivity index (χ0v) is 30.6. The van der Waals surface area contributed by atoms with E-state index in [2.05, 4.69) is 6.58 Å². The Kier molecular flexibility index (Phi) is 10.3. The number of hydrogen-bond donors (Lipinski definition) is 0. The highest BCUT2D eigenvalue weighted by Gasteiger charge is 2.52. The van der Waals surface area contributed by atoms with Crippen molar-refractivity contribution in [3.8, 4) is 11.5 Å². The summed E-state index contributed by atoms with van der Waals surface area (Å²) in [4.78, 5) is 40.1. The molecule has 258 valence electrons. The molecule has 0 N–H and O–H groups in total. The van der Waals surface area contributed by atoms with Gasteiger partial charge in [-0.05, 0) is 131 Å². The van der Waals surface area contributed by atoms with Gasteiger partial charge in [-0.15, -0.1) is 0 Å². The average molecular weight is 659 g/mol. The van der Waals surface area contributed by atoms with Crippen LogP contribution in [0.4, 0.5) is 0 Å². The highest BCUT2D eigenvalue weighted by atomic mass is 16.7. The van der Waals surface area contributed by atoms with Gasteiger partial charge in [0, 0.05) is 11.5 Å². The lowest BCUT2D eigenvalue weighted by atomic mass is 9.71. The van der Waals surface area contributed by atoms with Gasteiger partial charge in [0.2, 0.25) is 0 Å². The number of hydrogen-bond acceptors (Lipinski definition) is 8. The summed E-state index contributed by atoms with van der Waals surface area (Å²) in [5.74, 6) is -1.56. The maximum atomic E-state index is 13.5. The molecule has 0 bridgehead atoms. The highest BCUT2D eigenvalue weighted by Crippen LogP contribution is 2.48. The third-order valence-electron chi connectivity index (χ3n) is 9.36. The predicted molar refractivity (Wildman–Crippen MR) is 187 cm³/mol. The fourth-order valence-corrected chi connectivity index (χ4v) is 5.51. The van der Waals surface area contributed by atoms with E-state index in [1.807, 2.05) is 53.7 Å². The first kappa shape index (κ1) is 37.1. The van der Waals surface area contributed by atoms with E-state index in [4.69, 9.17) is 23.5 Å². The third-order valence-corrected chi connectivity index (χ3v) is 9.36. The number of rotatable bonds is 7. The second-order valence-electron chi connectivity index (χ2n) is 16.2. The molecule has 3 atom stereocenters. The minimum Gasteiger partial charge on any atom is -0.454 e. The lowest BCUT2D eigenvalue weighted by Crippen LogP contribution is -2.41. The van der Waals surface area contributed by atoms with Crippen molar-refractivity contribution in [1.29, 1.82) is 0 Å². The van der Waals surface area contributed by atoms with E-state index in [9.17, 15) is 14.4 Å². The van der Waals surface area contributed by atoms with Crippen LogP contribution < -0.4 is 14.9 Å². The van der Waals surface area contributed by atoms with E-state index < -0.39 is 59.1 Å². The van der Waals surface area contributed by atoms with Crippen molar-refractivity contribution < 1.29 is 37.9 Å². The summed E-state index contributed by atoms with van der Waals surface area (Å²) in [6.07, 6.45) is 1.92. The summed E-state index contributed by atoms with van der Waals surface area (Å²) in [5.41, 5.74) is 0.243. The van der Waals surface area contributed by atoms with Crippen LogP contribution >= 0.6 is 0 Å². The molecule has 1 fully saturated rings. The van der Waals surface area contributed by atoms with Crippen molar-refractivity contribution in [2.24, 2.45) is 16.7 Å². The van der Waals surface area contributed by atoms with Crippen molar-refractivity contribution >= 4 is 30.5 Å². The van der Waals surface area contributed by atoms with E-state index in [0.717, 1.165) is 11.1 Å². The number of benzene rings is 2. The van der Waals surface area contributed by atoms with Crippen LogP contribution in [0.25, 0.3) is 0 Å². The quantitative estimate of drug-likeness (QED) is 0.129.